The zero-order chi connectivity index (χ0) is 18.6. The minimum atomic E-state index is -0.138. The van der Waals surface area contributed by atoms with E-state index in [4.69, 9.17) is 11.6 Å². The monoisotopic (exact) mass is 367 g/mol. The Balaban J connectivity index is 1.89. The minimum Gasteiger partial charge on any atom is -0.366 e. The molecule has 0 amide bonds. The molecule has 26 heavy (non-hydrogen) atoms. The molecule has 2 N–H and O–H groups in total. The third-order valence-corrected chi connectivity index (χ3v) is 3.79. The number of nitrogens with zero attached hydrogens (tertiary/aromatic N) is 3. The number of benzene rings is 1. The second kappa shape index (κ2) is 7.70. The Morgan fingerprint density at radius 2 is 1.77 bits per heavy atom. The molecule has 0 saturated carbocycles. The summed E-state index contributed by atoms with van der Waals surface area (Å²) >= 11 is 6.06. The zero-order valence-electron chi connectivity index (χ0n) is 15.1. The van der Waals surface area contributed by atoms with E-state index in [1.54, 1.807) is 12.4 Å². The number of pyridine rings is 1. The van der Waals surface area contributed by atoms with Crippen molar-refractivity contribution in [3.63, 3.8) is 0 Å². The maximum absolute atomic E-state index is 6.06. The fourth-order valence-corrected chi connectivity index (χ4v) is 2.65. The number of hydrogen-bond acceptors (Lipinski definition) is 5. The molecule has 2 aromatic heterocycles. The van der Waals surface area contributed by atoms with E-state index >= 15 is 0 Å². The number of anilines is 2. The van der Waals surface area contributed by atoms with Crippen LogP contribution < -0.4 is 10.6 Å². The molecule has 0 spiro atoms. The van der Waals surface area contributed by atoms with Crippen LogP contribution in [0.4, 0.5) is 11.8 Å². The van der Waals surface area contributed by atoms with E-state index in [0.29, 0.717) is 12.5 Å². The van der Waals surface area contributed by atoms with Gasteiger partial charge in [-0.15, -0.1) is 0 Å². The SMILES string of the molecule is CC(C)(C)Nc1nc(NCc2cccc(Cl)c2)cc(-c2ccncc2)n1. The van der Waals surface area contributed by atoms with Crippen molar-refractivity contribution in [3.05, 3.63) is 65.4 Å². The highest BCUT2D eigenvalue weighted by molar-refractivity contribution is 6.30. The van der Waals surface area contributed by atoms with Gasteiger partial charge in [-0.2, -0.15) is 4.98 Å². The summed E-state index contributed by atoms with van der Waals surface area (Å²) in [5.41, 5.74) is 2.78. The summed E-state index contributed by atoms with van der Waals surface area (Å²) in [4.78, 5) is 13.3. The van der Waals surface area contributed by atoms with Crippen LogP contribution in [0.1, 0.15) is 26.3 Å². The van der Waals surface area contributed by atoms with Gasteiger partial charge in [0, 0.05) is 41.1 Å². The largest absolute Gasteiger partial charge is 0.366 e. The number of hydrogen-bond donors (Lipinski definition) is 2. The van der Waals surface area contributed by atoms with Crippen LogP contribution in [0, 0.1) is 0 Å². The molecule has 0 fully saturated rings. The first-order valence-corrected chi connectivity index (χ1v) is 8.83. The van der Waals surface area contributed by atoms with Gasteiger partial charge in [0.05, 0.1) is 5.69 Å². The van der Waals surface area contributed by atoms with Crippen molar-refractivity contribution in [3.8, 4) is 11.3 Å². The molecular weight excluding hydrogens is 346 g/mol. The molecular formula is C20H22ClN5. The molecule has 3 aromatic rings. The molecule has 5 nitrogen and oxygen atoms in total. The van der Waals surface area contributed by atoms with Crippen molar-refractivity contribution in [1.82, 2.24) is 15.0 Å². The maximum Gasteiger partial charge on any atom is 0.225 e. The quantitative estimate of drug-likeness (QED) is 0.663. The molecule has 134 valence electrons. The van der Waals surface area contributed by atoms with Gasteiger partial charge in [-0.05, 0) is 50.6 Å². The van der Waals surface area contributed by atoms with Gasteiger partial charge in [0.25, 0.3) is 0 Å². The van der Waals surface area contributed by atoms with Gasteiger partial charge in [-0.3, -0.25) is 4.98 Å². The Labute approximate surface area is 158 Å². The van der Waals surface area contributed by atoms with Gasteiger partial charge in [0.15, 0.2) is 0 Å². The minimum absolute atomic E-state index is 0.138. The fourth-order valence-electron chi connectivity index (χ4n) is 2.44. The second-order valence-electron chi connectivity index (χ2n) is 7.06. The van der Waals surface area contributed by atoms with Crippen LogP contribution in [0.25, 0.3) is 11.3 Å². The summed E-state index contributed by atoms with van der Waals surface area (Å²) in [6, 6.07) is 13.6. The van der Waals surface area contributed by atoms with E-state index in [1.165, 1.54) is 0 Å². The molecule has 0 bridgehead atoms. The molecule has 0 aliphatic carbocycles. The Hall–Kier alpha value is -2.66. The molecule has 0 aliphatic heterocycles. The first kappa shape index (κ1) is 18.1. The third-order valence-electron chi connectivity index (χ3n) is 3.55. The summed E-state index contributed by atoms with van der Waals surface area (Å²) in [5.74, 6) is 1.33. The van der Waals surface area contributed by atoms with Gasteiger partial charge in [0.1, 0.15) is 5.82 Å². The third kappa shape index (κ3) is 5.17. The number of halogens is 1. The van der Waals surface area contributed by atoms with Gasteiger partial charge >= 0.3 is 0 Å². The molecule has 0 unspecified atom stereocenters. The second-order valence-corrected chi connectivity index (χ2v) is 7.49. The van der Waals surface area contributed by atoms with Crippen LogP contribution in [-0.2, 0) is 6.54 Å². The van der Waals surface area contributed by atoms with Crippen molar-refractivity contribution in [2.75, 3.05) is 10.6 Å². The van der Waals surface area contributed by atoms with E-state index in [0.717, 1.165) is 27.7 Å². The van der Waals surface area contributed by atoms with Gasteiger partial charge in [0.2, 0.25) is 5.95 Å². The lowest BCUT2D eigenvalue weighted by atomic mass is 10.1. The molecule has 0 aliphatic rings. The molecule has 0 saturated heterocycles. The molecule has 1 aromatic carbocycles. The zero-order valence-corrected chi connectivity index (χ0v) is 15.9. The van der Waals surface area contributed by atoms with Crippen molar-refractivity contribution in [1.29, 1.82) is 0 Å². The highest BCUT2D eigenvalue weighted by Crippen LogP contribution is 2.23. The average molecular weight is 368 g/mol. The molecule has 2 heterocycles. The summed E-state index contributed by atoms with van der Waals surface area (Å²) in [7, 11) is 0. The lowest BCUT2D eigenvalue weighted by Crippen LogP contribution is -2.27. The average Bonchev–Trinajstić information content (AvgIpc) is 2.59. The highest BCUT2D eigenvalue weighted by atomic mass is 35.5. The summed E-state index contributed by atoms with van der Waals surface area (Å²) in [6.45, 7) is 6.86. The van der Waals surface area contributed by atoms with Crippen molar-refractivity contribution in [2.24, 2.45) is 0 Å². The van der Waals surface area contributed by atoms with E-state index in [9.17, 15) is 0 Å². The maximum atomic E-state index is 6.06. The van der Waals surface area contributed by atoms with E-state index in [2.05, 4.69) is 46.4 Å². The fraction of sp³-hybridized carbons (Fsp3) is 0.250. The van der Waals surface area contributed by atoms with Crippen LogP contribution in [0.15, 0.2) is 54.9 Å². The lowest BCUT2D eigenvalue weighted by molar-refractivity contribution is 0.626. The first-order chi connectivity index (χ1) is 12.4. The van der Waals surface area contributed by atoms with E-state index in [1.807, 2.05) is 42.5 Å². The Morgan fingerprint density at radius 1 is 1.00 bits per heavy atom. The van der Waals surface area contributed by atoms with Crippen LogP contribution in [0.5, 0.6) is 0 Å². The molecule has 6 heteroatoms. The smallest absolute Gasteiger partial charge is 0.225 e. The highest BCUT2D eigenvalue weighted by Gasteiger charge is 2.14. The summed E-state index contributed by atoms with van der Waals surface area (Å²) in [6.07, 6.45) is 3.51. The van der Waals surface area contributed by atoms with E-state index in [-0.39, 0.29) is 5.54 Å². The van der Waals surface area contributed by atoms with Crippen molar-refractivity contribution in [2.45, 2.75) is 32.9 Å². The van der Waals surface area contributed by atoms with Crippen LogP contribution in [0.2, 0.25) is 5.02 Å². The van der Waals surface area contributed by atoms with Gasteiger partial charge < -0.3 is 10.6 Å². The molecule has 0 atom stereocenters. The topological polar surface area (TPSA) is 62.7 Å². The number of nitrogens with one attached hydrogen (secondary N) is 2. The number of aromatic nitrogens is 3. The van der Waals surface area contributed by atoms with Crippen LogP contribution in [-0.4, -0.2) is 20.5 Å². The predicted molar refractivity (Wildman–Crippen MR) is 107 cm³/mol. The normalized spacial score (nSPS) is 11.2. The van der Waals surface area contributed by atoms with Crippen LogP contribution in [0.3, 0.4) is 0 Å². The van der Waals surface area contributed by atoms with Crippen molar-refractivity contribution >= 4 is 23.4 Å². The Morgan fingerprint density at radius 3 is 2.46 bits per heavy atom. The van der Waals surface area contributed by atoms with Gasteiger partial charge in [-0.1, -0.05) is 23.7 Å². The lowest BCUT2D eigenvalue weighted by Gasteiger charge is -2.21. The van der Waals surface area contributed by atoms with Crippen molar-refractivity contribution < 1.29 is 0 Å². The Kier molecular flexibility index (Phi) is 5.38. The summed E-state index contributed by atoms with van der Waals surface area (Å²) < 4.78 is 0. The number of rotatable bonds is 5. The predicted octanol–water partition coefficient (Wildman–Crippen LogP) is 5.01. The van der Waals surface area contributed by atoms with Crippen LogP contribution >= 0.6 is 11.6 Å². The first-order valence-electron chi connectivity index (χ1n) is 8.45. The van der Waals surface area contributed by atoms with E-state index < -0.39 is 0 Å². The molecule has 0 radical (unpaired) electrons. The Bertz CT molecular complexity index is 875. The van der Waals surface area contributed by atoms with Gasteiger partial charge in [-0.25, -0.2) is 4.98 Å². The standard InChI is InChI=1S/C20H22ClN5/c1-20(2,3)26-19-24-17(15-7-9-22-10-8-15)12-18(25-19)23-13-14-5-4-6-16(21)11-14/h4-12H,13H2,1-3H3,(H2,23,24,25,26). The summed E-state index contributed by atoms with van der Waals surface area (Å²) in [5, 5.41) is 7.42. The molecule has 3 rings (SSSR count).